The van der Waals surface area contributed by atoms with E-state index in [0.29, 0.717) is 48.4 Å². The second-order valence-electron chi connectivity index (χ2n) is 15.0. The summed E-state index contributed by atoms with van der Waals surface area (Å²) in [6, 6.07) is 21.8. The minimum Gasteiger partial charge on any atom is -0.490 e. The average Bonchev–Trinajstić information content (AvgIpc) is 4.11. The van der Waals surface area contributed by atoms with E-state index in [0.717, 1.165) is 11.3 Å². The number of hydrogen-bond acceptors (Lipinski definition) is 13. The largest absolute Gasteiger partial charge is 0.490 e. The van der Waals surface area contributed by atoms with Crippen LogP contribution in [-0.2, 0) is 32.0 Å². The van der Waals surface area contributed by atoms with Gasteiger partial charge in [0, 0.05) is 37.7 Å². The van der Waals surface area contributed by atoms with Gasteiger partial charge in [0.2, 0.25) is 18.1 Å². The first kappa shape index (κ1) is 43.6. The van der Waals surface area contributed by atoms with Crippen molar-refractivity contribution in [1.29, 1.82) is 0 Å². The fraction of sp³-hybridized carbons (Fsp3) is 0.419. The molecule has 326 valence electrons. The number of ether oxygens (including phenoxy) is 3. The SMILES string of the molecule is O=C(N[C@H]1c2ccccc2OC[C@H]1O)[C@H](Cc1ccccc1)C[C@H](O)CN1CCN(Cc2ccc(-c3cnco3)o2)C[C@H]1C(=O)NCC(F)(F)F.c1coc(C2OCCO2)c1. The van der Waals surface area contributed by atoms with Gasteiger partial charge in [0.1, 0.15) is 36.8 Å². The summed E-state index contributed by atoms with van der Waals surface area (Å²) in [4.78, 5) is 34.5. The molecule has 5 aromatic rings. The number of furan rings is 2. The van der Waals surface area contributed by atoms with Crippen LogP contribution in [0.3, 0.4) is 0 Å². The van der Waals surface area contributed by atoms with E-state index in [4.69, 9.17) is 27.5 Å². The number of hydrogen-bond donors (Lipinski definition) is 4. The summed E-state index contributed by atoms with van der Waals surface area (Å²) >= 11 is 0. The maximum atomic E-state index is 13.9. The van der Waals surface area contributed by atoms with Crippen molar-refractivity contribution in [1.82, 2.24) is 25.4 Å². The molecule has 0 unspecified atom stereocenters. The molecule has 8 rings (SSSR count). The number of amides is 2. The van der Waals surface area contributed by atoms with E-state index in [1.165, 1.54) is 12.6 Å². The van der Waals surface area contributed by atoms with E-state index in [1.807, 2.05) is 52.7 Å². The Morgan fingerprint density at radius 2 is 1.72 bits per heavy atom. The summed E-state index contributed by atoms with van der Waals surface area (Å²) in [5, 5.41) is 27.1. The second kappa shape index (κ2) is 20.4. The Hall–Kier alpha value is -5.50. The molecule has 3 aromatic heterocycles. The number of para-hydroxylation sites is 1. The predicted octanol–water partition coefficient (Wildman–Crippen LogP) is 4.65. The molecule has 18 heteroatoms. The molecule has 61 heavy (non-hydrogen) atoms. The lowest BCUT2D eigenvalue weighted by Crippen LogP contribution is -2.60. The van der Waals surface area contributed by atoms with Crippen molar-refractivity contribution < 1.29 is 60.4 Å². The van der Waals surface area contributed by atoms with Crippen molar-refractivity contribution in [3.05, 3.63) is 120 Å². The van der Waals surface area contributed by atoms with Gasteiger partial charge in [-0.3, -0.25) is 19.4 Å². The highest BCUT2D eigenvalue weighted by molar-refractivity contribution is 5.82. The van der Waals surface area contributed by atoms with Crippen molar-refractivity contribution in [3.63, 3.8) is 0 Å². The number of nitrogens with zero attached hydrogens (tertiary/aromatic N) is 3. The van der Waals surface area contributed by atoms with Crippen LogP contribution in [-0.4, -0.2) is 114 Å². The van der Waals surface area contributed by atoms with Crippen LogP contribution in [0, 0.1) is 5.92 Å². The van der Waals surface area contributed by atoms with Crippen LogP contribution in [0.15, 0.2) is 111 Å². The number of aliphatic hydroxyl groups excluding tert-OH is 2. The van der Waals surface area contributed by atoms with Crippen molar-refractivity contribution in [3.8, 4) is 17.3 Å². The highest BCUT2D eigenvalue weighted by atomic mass is 19.4. The fourth-order valence-electron chi connectivity index (χ4n) is 7.54. The summed E-state index contributed by atoms with van der Waals surface area (Å²) in [6.45, 7) is 0.822. The minimum atomic E-state index is -4.60. The van der Waals surface area contributed by atoms with Crippen LogP contribution >= 0.6 is 0 Å². The minimum absolute atomic E-state index is 0.000249. The number of halogens is 3. The maximum absolute atomic E-state index is 13.9. The smallest absolute Gasteiger partial charge is 0.405 e. The third kappa shape index (κ3) is 12.1. The zero-order valence-electron chi connectivity index (χ0n) is 33.1. The summed E-state index contributed by atoms with van der Waals surface area (Å²) in [5.74, 6) is 0.840. The van der Waals surface area contributed by atoms with Crippen LogP contribution in [0.25, 0.3) is 11.5 Å². The Bertz CT molecular complexity index is 2110. The van der Waals surface area contributed by atoms with Crippen molar-refractivity contribution in [2.75, 3.05) is 52.5 Å². The van der Waals surface area contributed by atoms with E-state index in [-0.39, 0.29) is 57.8 Å². The van der Waals surface area contributed by atoms with Gasteiger partial charge in [0.25, 0.3) is 0 Å². The van der Waals surface area contributed by atoms with Gasteiger partial charge >= 0.3 is 6.18 Å². The van der Waals surface area contributed by atoms with Crippen molar-refractivity contribution >= 4 is 11.8 Å². The number of carbonyl (C=O) groups is 2. The molecule has 2 fully saturated rings. The molecule has 0 saturated carbocycles. The van der Waals surface area contributed by atoms with Crippen LogP contribution in [0.2, 0.25) is 0 Å². The molecule has 4 N–H and O–H groups in total. The summed E-state index contributed by atoms with van der Waals surface area (Å²) in [6.07, 6.45) is -2.30. The molecular weight excluding hydrogens is 803 g/mol. The molecular formula is C43H48F3N5O10. The molecule has 0 aliphatic carbocycles. The predicted molar refractivity (Wildman–Crippen MR) is 210 cm³/mol. The van der Waals surface area contributed by atoms with Gasteiger partial charge < -0.3 is 48.3 Å². The van der Waals surface area contributed by atoms with E-state index >= 15 is 0 Å². The van der Waals surface area contributed by atoms with E-state index < -0.39 is 48.8 Å². The Labute approximate surface area is 349 Å². The van der Waals surface area contributed by atoms with Crippen LogP contribution in [0.4, 0.5) is 13.2 Å². The number of carbonyl (C=O) groups excluding carboxylic acids is 2. The summed E-state index contributed by atoms with van der Waals surface area (Å²) in [7, 11) is 0. The number of β-amino-alcohol motifs (C(OH)–C–C–N with tert-alkyl or cyclic N) is 1. The van der Waals surface area contributed by atoms with E-state index in [9.17, 15) is 33.0 Å². The van der Waals surface area contributed by atoms with Gasteiger partial charge in [0.15, 0.2) is 23.7 Å². The van der Waals surface area contributed by atoms with Gasteiger partial charge in [-0.15, -0.1) is 0 Å². The highest BCUT2D eigenvalue weighted by Gasteiger charge is 2.38. The number of aromatic nitrogens is 1. The molecule has 2 amide bonds. The molecule has 3 aliphatic heterocycles. The zero-order chi connectivity index (χ0) is 42.8. The van der Waals surface area contributed by atoms with Gasteiger partial charge in [-0.25, -0.2) is 4.98 Å². The molecule has 5 atom stereocenters. The first-order valence-corrected chi connectivity index (χ1v) is 20.0. The van der Waals surface area contributed by atoms with Gasteiger partial charge in [-0.1, -0.05) is 48.5 Å². The van der Waals surface area contributed by atoms with E-state index in [1.54, 1.807) is 47.6 Å². The van der Waals surface area contributed by atoms with Gasteiger partial charge in [-0.05, 0) is 48.7 Å². The first-order chi connectivity index (χ1) is 29.5. The summed E-state index contributed by atoms with van der Waals surface area (Å²) < 4.78 is 71.4. The number of aliphatic hydroxyl groups is 2. The average molecular weight is 852 g/mol. The molecule has 0 spiro atoms. The highest BCUT2D eigenvalue weighted by Crippen LogP contribution is 2.33. The molecule has 2 saturated heterocycles. The van der Waals surface area contributed by atoms with Crippen molar-refractivity contribution in [2.24, 2.45) is 5.92 Å². The molecule has 0 radical (unpaired) electrons. The molecule has 0 bridgehead atoms. The number of fused-ring (bicyclic) bond motifs is 1. The van der Waals surface area contributed by atoms with E-state index in [2.05, 4.69) is 10.3 Å². The third-order valence-corrected chi connectivity index (χ3v) is 10.5. The Balaban J connectivity index is 0.000000487. The number of nitrogens with one attached hydrogen (secondary N) is 2. The topological polar surface area (TPSA) is 185 Å². The third-order valence-electron chi connectivity index (χ3n) is 10.5. The lowest BCUT2D eigenvalue weighted by molar-refractivity contribution is -0.143. The maximum Gasteiger partial charge on any atom is 0.405 e. The normalized spacial score (nSPS) is 20.8. The molecule has 2 aromatic carbocycles. The lowest BCUT2D eigenvalue weighted by atomic mass is 9.90. The quantitative estimate of drug-likeness (QED) is 0.121. The standard InChI is InChI=1S/C36H40F3N5O7.C7H8O3/c37-36(38,39)21-41-35(48)28-19-43(18-26-10-11-31(51-26)32-16-40-22-50-32)12-13-44(28)17-25(45)15-24(14-23-6-2-1-3-7-23)34(47)42-33-27-8-4-5-9-30(27)49-20-29(33)46;1-2-6(8-3-1)7-9-4-5-10-7/h1-11,16,22,24-25,28-29,33,45-46H,12-15,17-21H2,(H,41,48)(H,42,47);1-3,7H,4-5H2/t24-,25+,28+,29-,33+;/m1./s1. The summed E-state index contributed by atoms with van der Waals surface area (Å²) in [5.41, 5.74) is 1.50. The monoisotopic (exact) mass is 851 g/mol. The molecule has 15 nitrogen and oxygen atoms in total. The fourth-order valence-corrected chi connectivity index (χ4v) is 7.54. The first-order valence-electron chi connectivity index (χ1n) is 20.0. The van der Waals surface area contributed by atoms with Gasteiger partial charge in [-0.2, -0.15) is 13.2 Å². The number of oxazole rings is 1. The lowest BCUT2D eigenvalue weighted by Gasteiger charge is -2.41. The van der Waals surface area contributed by atoms with Crippen LogP contribution in [0.1, 0.15) is 41.4 Å². The Morgan fingerprint density at radius 1 is 0.934 bits per heavy atom. The Kier molecular flexibility index (Phi) is 14.6. The Morgan fingerprint density at radius 3 is 2.46 bits per heavy atom. The zero-order valence-corrected chi connectivity index (χ0v) is 33.1. The molecule has 3 aliphatic rings. The van der Waals surface area contributed by atoms with Crippen LogP contribution in [0.5, 0.6) is 5.75 Å². The van der Waals surface area contributed by atoms with Crippen molar-refractivity contribution in [2.45, 2.75) is 56.1 Å². The van der Waals surface area contributed by atoms with Crippen LogP contribution < -0.4 is 15.4 Å². The second-order valence-corrected chi connectivity index (χ2v) is 15.0. The molecule has 6 heterocycles. The number of piperazine rings is 1. The number of alkyl halides is 3. The van der Waals surface area contributed by atoms with Gasteiger partial charge in [0.05, 0.1) is 44.4 Å². The number of rotatable bonds is 14. The number of benzene rings is 2.